The summed E-state index contributed by atoms with van der Waals surface area (Å²) >= 11 is 0. The van der Waals surface area contributed by atoms with Gasteiger partial charge < -0.3 is 4.74 Å². The standard InChI is InChI=1S/C6H6F3N3O2/c1-14-5-11-10-4(2-13)12(5)3-6(7,8)9/h2H,3H2,1H3. The van der Waals surface area contributed by atoms with Crippen LogP contribution in [0.4, 0.5) is 13.2 Å². The molecule has 0 N–H and O–H groups in total. The fourth-order valence-electron chi connectivity index (χ4n) is 0.866. The van der Waals surface area contributed by atoms with Crippen molar-refractivity contribution in [1.82, 2.24) is 14.8 Å². The van der Waals surface area contributed by atoms with Gasteiger partial charge in [-0.05, 0) is 0 Å². The van der Waals surface area contributed by atoms with Gasteiger partial charge in [0.2, 0.25) is 0 Å². The summed E-state index contributed by atoms with van der Waals surface area (Å²) in [6, 6.07) is -0.343. The molecule has 0 amide bonds. The largest absolute Gasteiger partial charge is 0.467 e. The van der Waals surface area contributed by atoms with E-state index in [1.807, 2.05) is 0 Å². The van der Waals surface area contributed by atoms with Crippen LogP contribution in [0.2, 0.25) is 0 Å². The summed E-state index contributed by atoms with van der Waals surface area (Å²) in [4.78, 5) is 10.3. The molecule has 0 radical (unpaired) electrons. The number of nitrogens with zero attached hydrogens (tertiary/aromatic N) is 3. The van der Waals surface area contributed by atoms with E-state index in [0.717, 1.165) is 7.11 Å². The number of hydrogen-bond donors (Lipinski definition) is 0. The molecule has 8 heteroatoms. The first-order valence-corrected chi connectivity index (χ1v) is 3.47. The van der Waals surface area contributed by atoms with Gasteiger partial charge in [-0.1, -0.05) is 5.10 Å². The van der Waals surface area contributed by atoms with E-state index in [2.05, 4.69) is 14.9 Å². The second-order valence-corrected chi connectivity index (χ2v) is 2.36. The molecule has 0 bridgehead atoms. The van der Waals surface area contributed by atoms with Crippen molar-refractivity contribution in [3.8, 4) is 6.01 Å². The molecule has 0 unspecified atom stereocenters. The number of hydrogen-bond acceptors (Lipinski definition) is 4. The molecule has 0 saturated heterocycles. The Labute approximate surface area is 76.5 Å². The fourth-order valence-corrected chi connectivity index (χ4v) is 0.866. The van der Waals surface area contributed by atoms with Gasteiger partial charge in [0.15, 0.2) is 12.1 Å². The summed E-state index contributed by atoms with van der Waals surface area (Å²) < 4.78 is 41.1. The molecule has 1 heterocycles. The molecule has 1 rings (SSSR count). The zero-order chi connectivity index (χ0) is 10.8. The van der Waals surface area contributed by atoms with Gasteiger partial charge >= 0.3 is 12.2 Å². The highest BCUT2D eigenvalue weighted by Gasteiger charge is 2.31. The van der Waals surface area contributed by atoms with Gasteiger partial charge in [-0.3, -0.25) is 9.36 Å². The van der Waals surface area contributed by atoms with Gasteiger partial charge in [0.05, 0.1) is 7.11 Å². The molecule has 0 aliphatic rings. The molecule has 1 aromatic heterocycles. The van der Waals surface area contributed by atoms with E-state index in [9.17, 15) is 18.0 Å². The number of rotatable bonds is 3. The van der Waals surface area contributed by atoms with Crippen LogP contribution in [0.1, 0.15) is 10.6 Å². The number of alkyl halides is 3. The highest BCUT2D eigenvalue weighted by Crippen LogP contribution is 2.21. The number of carbonyl (C=O) groups excluding carboxylic acids is 1. The fraction of sp³-hybridized carbons (Fsp3) is 0.500. The number of aromatic nitrogens is 3. The Bertz CT molecular complexity index is 334. The first kappa shape index (κ1) is 10.5. The van der Waals surface area contributed by atoms with Crippen molar-refractivity contribution in [1.29, 1.82) is 0 Å². The van der Waals surface area contributed by atoms with Crippen molar-refractivity contribution in [3.05, 3.63) is 5.82 Å². The van der Waals surface area contributed by atoms with E-state index >= 15 is 0 Å². The lowest BCUT2D eigenvalue weighted by atomic mass is 10.5. The maximum absolute atomic E-state index is 12.0. The summed E-state index contributed by atoms with van der Waals surface area (Å²) in [5, 5.41) is 6.46. The van der Waals surface area contributed by atoms with Gasteiger partial charge in [0.25, 0.3) is 0 Å². The molecular formula is C6H6F3N3O2. The molecule has 0 aromatic carbocycles. The number of carbonyl (C=O) groups is 1. The number of methoxy groups -OCH3 is 1. The quantitative estimate of drug-likeness (QED) is 0.686. The van der Waals surface area contributed by atoms with Crippen molar-refractivity contribution >= 4 is 6.29 Å². The van der Waals surface area contributed by atoms with Crippen LogP contribution in [0, 0.1) is 0 Å². The Hall–Kier alpha value is -1.60. The maximum Gasteiger partial charge on any atom is 0.406 e. The van der Waals surface area contributed by atoms with Crippen molar-refractivity contribution in [2.45, 2.75) is 12.7 Å². The summed E-state index contributed by atoms with van der Waals surface area (Å²) in [5.41, 5.74) is 0. The van der Waals surface area contributed by atoms with Gasteiger partial charge in [0, 0.05) is 0 Å². The number of halogens is 3. The average molecular weight is 209 g/mol. The van der Waals surface area contributed by atoms with Crippen LogP contribution in [0.15, 0.2) is 0 Å². The second kappa shape index (κ2) is 3.64. The minimum Gasteiger partial charge on any atom is -0.467 e. The van der Waals surface area contributed by atoms with Crippen LogP contribution >= 0.6 is 0 Å². The molecule has 5 nitrogen and oxygen atoms in total. The van der Waals surface area contributed by atoms with Gasteiger partial charge in [0.1, 0.15) is 6.54 Å². The topological polar surface area (TPSA) is 57.0 Å². The highest BCUT2D eigenvalue weighted by molar-refractivity contribution is 5.69. The van der Waals surface area contributed by atoms with Crippen molar-refractivity contribution in [2.75, 3.05) is 7.11 Å². The first-order chi connectivity index (χ1) is 6.48. The van der Waals surface area contributed by atoms with Crippen LogP contribution in [0.25, 0.3) is 0 Å². The summed E-state index contributed by atoms with van der Waals surface area (Å²) in [7, 11) is 1.14. The summed E-state index contributed by atoms with van der Waals surface area (Å²) in [5.74, 6) is -0.417. The van der Waals surface area contributed by atoms with Crippen LogP contribution in [0.3, 0.4) is 0 Å². The minimum atomic E-state index is -4.45. The van der Waals surface area contributed by atoms with E-state index in [1.165, 1.54) is 0 Å². The van der Waals surface area contributed by atoms with Gasteiger partial charge in [-0.25, -0.2) is 0 Å². The van der Waals surface area contributed by atoms with E-state index in [-0.39, 0.29) is 12.3 Å². The third-order valence-corrected chi connectivity index (χ3v) is 1.37. The zero-order valence-electron chi connectivity index (χ0n) is 7.08. The predicted octanol–water partition coefficient (Wildman–Crippen LogP) is 0.661. The predicted molar refractivity (Wildman–Crippen MR) is 38.0 cm³/mol. The molecular weight excluding hydrogens is 203 g/mol. The third-order valence-electron chi connectivity index (χ3n) is 1.37. The molecule has 14 heavy (non-hydrogen) atoms. The normalized spacial score (nSPS) is 11.4. The molecule has 0 saturated carbocycles. The third kappa shape index (κ3) is 2.21. The molecule has 0 spiro atoms. The number of ether oxygens (including phenoxy) is 1. The molecule has 0 aliphatic heterocycles. The van der Waals surface area contributed by atoms with E-state index in [0.29, 0.717) is 4.57 Å². The molecule has 78 valence electrons. The van der Waals surface area contributed by atoms with E-state index in [4.69, 9.17) is 0 Å². The van der Waals surface area contributed by atoms with Gasteiger partial charge in [-0.2, -0.15) is 13.2 Å². The Morgan fingerprint density at radius 3 is 2.57 bits per heavy atom. The Kier molecular flexibility index (Phi) is 2.73. The van der Waals surface area contributed by atoms with E-state index < -0.39 is 18.5 Å². The molecule has 0 fully saturated rings. The number of aldehydes is 1. The van der Waals surface area contributed by atoms with E-state index in [1.54, 1.807) is 0 Å². The van der Waals surface area contributed by atoms with Crippen molar-refractivity contribution in [3.63, 3.8) is 0 Å². The molecule has 0 atom stereocenters. The highest BCUT2D eigenvalue weighted by atomic mass is 19.4. The molecule has 0 aliphatic carbocycles. The smallest absolute Gasteiger partial charge is 0.406 e. The summed E-state index contributed by atoms with van der Waals surface area (Å²) in [6.45, 7) is -1.35. The van der Waals surface area contributed by atoms with Crippen LogP contribution in [0.5, 0.6) is 6.01 Å². The monoisotopic (exact) mass is 209 g/mol. The van der Waals surface area contributed by atoms with Crippen molar-refractivity contribution < 1.29 is 22.7 Å². The lowest BCUT2D eigenvalue weighted by Crippen LogP contribution is -2.20. The second-order valence-electron chi connectivity index (χ2n) is 2.36. The van der Waals surface area contributed by atoms with Gasteiger partial charge in [-0.15, -0.1) is 5.10 Å². The van der Waals surface area contributed by atoms with Crippen molar-refractivity contribution in [2.24, 2.45) is 0 Å². The Morgan fingerprint density at radius 1 is 1.50 bits per heavy atom. The molecule has 1 aromatic rings. The summed E-state index contributed by atoms with van der Waals surface area (Å²) in [6.07, 6.45) is -4.27. The van der Waals surface area contributed by atoms with Crippen LogP contribution in [-0.4, -0.2) is 34.3 Å². The minimum absolute atomic E-state index is 0.182. The van der Waals surface area contributed by atoms with Crippen LogP contribution in [-0.2, 0) is 6.54 Å². The Morgan fingerprint density at radius 2 is 2.14 bits per heavy atom. The maximum atomic E-state index is 12.0. The SMILES string of the molecule is COc1nnc(C=O)n1CC(F)(F)F. The lowest BCUT2D eigenvalue weighted by Gasteiger charge is -2.09. The average Bonchev–Trinajstić information content (AvgIpc) is 2.44. The Balaban J connectivity index is 3.03. The zero-order valence-corrected chi connectivity index (χ0v) is 7.08. The van der Waals surface area contributed by atoms with Crippen LogP contribution < -0.4 is 4.74 Å². The first-order valence-electron chi connectivity index (χ1n) is 3.47. The lowest BCUT2D eigenvalue weighted by molar-refractivity contribution is -0.141.